The molecule has 2 aliphatic rings. The molecule has 2 heterocycles. The van der Waals surface area contributed by atoms with Crippen LogP contribution in [-0.4, -0.2) is 54.3 Å². The monoisotopic (exact) mass is 371 g/mol. The highest BCUT2D eigenvalue weighted by molar-refractivity contribution is 5.94. The average Bonchev–Trinajstić information content (AvgIpc) is 2.69. The van der Waals surface area contributed by atoms with Gasteiger partial charge in [0.25, 0.3) is 5.91 Å². The molecule has 0 saturated carbocycles. The first-order valence-electron chi connectivity index (χ1n) is 10.4. The molecular weight excluding hydrogens is 338 g/mol. The third-order valence-electron chi connectivity index (χ3n) is 6.27. The van der Waals surface area contributed by atoms with Gasteiger partial charge in [-0.1, -0.05) is 26.0 Å². The van der Waals surface area contributed by atoms with E-state index >= 15 is 0 Å². The fraction of sp³-hybridized carbons (Fsp3) is 0.636. The number of hydrogen-bond donors (Lipinski definition) is 1. The fourth-order valence-corrected chi connectivity index (χ4v) is 4.32. The molecule has 5 heteroatoms. The van der Waals surface area contributed by atoms with Gasteiger partial charge >= 0.3 is 0 Å². The normalized spacial score (nSPS) is 20.0. The van der Waals surface area contributed by atoms with Crippen LogP contribution in [0.25, 0.3) is 0 Å². The van der Waals surface area contributed by atoms with Crippen LogP contribution in [0.15, 0.2) is 24.3 Å². The molecule has 5 nitrogen and oxygen atoms in total. The van der Waals surface area contributed by atoms with Gasteiger partial charge in [0.05, 0.1) is 0 Å². The molecule has 0 aromatic heterocycles. The molecule has 148 valence electrons. The molecule has 0 radical (unpaired) electrons. The summed E-state index contributed by atoms with van der Waals surface area (Å²) in [6.07, 6.45) is 5.00. The van der Waals surface area contributed by atoms with Crippen molar-refractivity contribution < 1.29 is 9.59 Å². The van der Waals surface area contributed by atoms with Crippen molar-refractivity contribution in [3.8, 4) is 0 Å². The van der Waals surface area contributed by atoms with Gasteiger partial charge < -0.3 is 10.2 Å². The molecule has 1 aromatic carbocycles. The van der Waals surface area contributed by atoms with Gasteiger partial charge in [-0.15, -0.1) is 0 Å². The number of benzene rings is 1. The molecule has 2 amide bonds. The van der Waals surface area contributed by atoms with Crippen molar-refractivity contribution in [2.45, 2.75) is 52.1 Å². The molecule has 0 bridgehead atoms. The van der Waals surface area contributed by atoms with Crippen LogP contribution in [0, 0.1) is 11.8 Å². The Hall–Kier alpha value is -1.88. The summed E-state index contributed by atoms with van der Waals surface area (Å²) in [6.45, 7) is 9.39. The van der Waals surface area contributed by atoms with Crippen LogP contribution in [0.4, 0.5) is 0 Å². The van der Waals surface area contributed by atoms with Gasteiger partial charge in [0, 0.05) is 31.2 Å². The molecule has 0 atom stereocenters. The smallest absolute Gasteiger partial charge is 0.253 e. The molecular formula is C22H33N3O2. The van der Waals surface area contributed by atoms with Gasteiger partial charge in [-0.05, 0) is 68.3 Å². The van der Waals surface area contributed by atoms with E-state index in [1.807, 2.05) is 17.0 Å². The summed E-state index contributed by atoms with van der Waals surface area (Å²) in [5, 5.41) is 2.82. The second-order valence-electron chi connectivity index (χ2n) is 8.41. The number of nitrogens with zero attached hydrogens (tertiary/aromatic N) is 2. The van der Waals surface area contributed by atoms with E-state index in [1.54, 1.807) is 0 Å². The van der Waals surface area contributed by atoms with Crippen LogP contribution >= 0.6 is 0 Å². The first kappa shape index (κ1) is 19.9. The summed E-state index contributed by atoms with van der Waals surface area (Å²) >= 11 is 0. The van der Waals surface area contributed by atoms with Crippen LogP contribution in [0.2, 0.25) is 0 Å². The number of carbonyl (C=O) groups is 2. The van der Waals surface area contributed by atoms with Gasteiger partial charge in [0.15, 0.2) is 0 Å². The lowest BCUT2D eigenvalue weighted by Crippen LogP contribution is -2.44. The van der Waals surface area contributed by atoms with Gasteiger partial charge in [-0.25, -0.2) is 0 Å². The lowest BCUT2D eigenvalue weighted by Gasteiger charge is -2.34. The largest absolute Gasteiger partial charge is 0.356 e. The highest BCUT2D eigenvalue weighted by Crippen LogP contribution is 2.25. The number of likely N-dealkylation sites (tertiary alicyclic amines) is 2. The zero-order chi connectivity index (χ0) is 19.2. The number of carbonyl (C=O) groups excluding carboxylic acids is 2. The van der Waals surface area contributed by atoms with Crippen molar-refractivity contribution in [2.75, 3.05) is 26.2 Å². The number of nitrogens with one attached hydrogen (secondary N) is 1. The fourth-order valence-electron chi connectivity index (χ4n) is 4.32. The van der Waals surface area contributed by atoms with Crippen LogP contribution in [0.1, 0.15) is 55.5 Å². The van der Waals surface area contributed by atoms with Crippen molar-refractivity contribution in [3.63, 3.8) is 0 Å². The summed E-state index contributed by atoms with van der Waals surface area (Å²) in [7, 11) is 0. The van der Waals surface area contributed by atoms with E-state index in [2.05, 4.69) is 36.2 Å². The summed E-state index contributed by atoms with van der Waals surface area (Å²) < 4.78 is 0. The minimum Gasteiger partial charge on any atom is -0.356 e. The van der Waals surface area contributed by atoms with E-state index in [9.17, 15) is 9.59 Å². The van der Waals surface area contributed by atoms with Crippen LogP contribution in [-0.2, 0) is 11.3 Å². The zero-order valence-corrected chi connectivity index (χ0v) is 16.7. The Bertz CT molecular complexity index is 613. The predicted molar refractivity (Wildman–Crippen MR) is 107 cm³/mol. The van der Waals surface area contributed by atoms with Crippen molar-refractivity contribution in [1.29, 1.82) is 0 Å². The van der Waals surface area contributed by atoms with Gasteiger partial charge in [-0.3, -0.25) is 14.5 Å². The van der Waals surface area contributed by atoms with Crippen molar-refractivity contribution in [3.05, 3.63) is 35.4 Å². The third-order valence-corrected chi connectivity index (χ3v) is 6.27. The minimum absolute atomic E-state index is 0.101. The van der Waals surface area contributed by atoms with E-state index in [-0.39, 0.29) is 11.9 Å². The second-order valence-corrected chi connectivity index (χ2v) is 8.41. The highest BCUT2D eigenvalue weighted by Gasteiger charge is 2.24. The quantitative estimate of drug-likeness (QED) is 0.783. The summed E-state index contributed by atoms with van der Waals surface area (Å²) in [5.41, 5.74) is 2.04. The molecule has 0 spiro atoms. The Balaban J connectivity index is 1.49. The second kappa shape index (κ2) is 9.36. The number of piperidine rings is 2. The van der Waals surface area contributed by atoms with Crippen molar-refractivity contribution in [1.82, 2.24) is 15.1 Å². The molecule has 0 aliphatic carbocycles. The highest BCUT2D eigenvalue weighted by atomic mass is 16.2. The van der Waals surface area contributed by atoms with Crippen LogP contribution < -0.4 is 5.32 Å². The molecule has 2 aliphatic heterocycles. The Kier molecular flexibility index (Phi) is 6.89. The molecule has 3 rings (SSSR count). The molecule has 2 saturated heterocycles. The maximum atomic E-state index is 12.7. The first-order chi connectivity index (χ1) is 13.1. The molecule has 27 heavy (non-hydrogen) atoms. The number of rotatable bonds is 6. The SMILES string of the molecule is CC(C)C1CCN(Cc2ccc(C(=O)N3CCC(NC=O)CC3)cc2)CC1. The zero-order valence-electron chi connectivity index (χ0n) is 16.7. The van der Waals surface area contributed by atoms with E-state index in [0.717, 1.165) is 43.2 Å². The first-order valence-corrected chi connectivity index (χ1v) is 10.4. The van der Waals surface area contributed by atoms with Crippen molar-refractivity contribution >= 4 is 12.3 Å². The molecule has 1 N–H and O–H groups in total. The number of hydrogen-bond acceptors (Lipinski definition) is 3. The van der Waals surface area contributed by atoms with Gasteiger partial charge in [0.2, 0.25) is 6.41 Å². The topological polar surface area (TPSA) is 52.7 Å². The Morgan fingerprint density at radius 2 is 1.70 bits per heavy atom. The maximum absolute atomic E-state index is 12.7. The predicted octanol–water partition coefficient (Wildman–Crippen LogP) is 2.91. The third kappa shape index (κ3) is 5.32. The lowest BCUT2D eigenvalue weighted by atomic mass is 9.86. The van der Waals surface area contributed by atoms with E-state index in [0.29, 0.717) is 13.1 Å². The summed E-state index contributed by atoms with van der Waals surface area (Å²) in [5.74, 6) is 1.76. The molecule has 1 aromatic rings. The van der Waals surface area contributed by atoms with E-state index < -0.39 is 0 Å². The number of amides is 2. The summed E-state index contributed by atoms with van der Waals surface area (Å²) in [4.78, 5) is 27.7. The van der Waals surface area contributed by atoms with E-state index in [1.165, 1.54) is 31.5 Å². The molecule has 0 unspecified atom stereocenters. The summed E-state index contributed by atoms with van der Waals surface area (Å²) in [6, 6.07) is 8.34. The van der Waals surface area contributed by atoms with Gasteiger partial charge in [0.1, 0.15) is 0 Å². The Morgan fingerprint density at radius 3 is 2.26 bits per heavy atom. The van der Waals surface area contributed by atoms with E-state index in [4.69, 9.17) is 0 Å². The van der Waals surface area contributed by atoms with Crippen LogP contribution in [0.3, 0.4) is 0 Å². The lowest BCUT2D eigenvalue weighted by molar-refractivity contribution is -0.110. The van der Waals surface area contributed by atoms with Crippen LogP contribution in [0.5, 0.6) is 0 Å². The van der Waals surface area contributed by atoms with Gasteiger partial charge in [-0.2, -0.15) is 0 Å². The maximum Gasteiger partial charge on any atom is 0.253 e. The Labute approximate surface area is 163 Å². The van der Waals surface area contributed by atoms with Crippen molar-refractivity contribution in [2.24, 2.45) is 11.8 Å². The standard InChI is InChI=1S/C22H33N3O2/c1-17(2)19-7-11-24(12-8-19)15-18-3-5-20(6-4-18)22(27)25-13-9-21(10-14-25)23-16-26/h3-6,16-17,19,21H,7-15H2,1-2H3,(H,23,26). The Morgan fingerprint density at radius 1 is 1.07 bits per heavy atom. The molecule has 2 fully saturated rings. The minimum atomic E-state index is 0.101. The average molecular weight is 372 g/mol.